The number of halogens is 1. The van der Waals surface area contributed by atoms with Crippen LogP contribution in [-0.4, -0.2) is 18.7 Å². The molecule has 0 saturated carbocycles. The summed E-state index contributed by atoms with van der Waals surface area (Å²) in [5, 5.41) is 0.818. The van der Waals surface area contributed by atoms with E-state index >= 15 is 0 Å². The average molecular weight is 387 g/mol. The number of aromatic nitrogens is 1. The van der Waals surface area contributed by atoms with Gasteiger partial charge in [0, 0.05) is 10.9 Å². The molecule has 0 saturated heterocycles. The minimum atomic E-state index is -0.257. The van der Waals surface area contributed by atoms with Gasteiger partial charge in [-0.05, 0) is 79.1 Å². The van der Waals surface area contributed by atoms with E-state index in [0.29, 0.717) is 6.61 Å². The molecule has 4 heteroatoms. The van der Waals surface area contributed by atoms with Gasteiger partial charge in [-0.15, -0.1) is 0 Å². The second-order valence-electron chi connectivity index (χ2n) is 6.86. The van der Waals surface area contributed by atoms with E-state index in [1.807, 2.05) is 56.3 Å². The Balaban J connectivity index is 1.75. The van der Waals surface area contributed by atoms with Crippen LogP contribution in [0.5, 0.6) is 11.5 Å². The van der Waals surface area contributed by atoms with Gasteiger partial charge in [0.25, 0.3) is 0 Å². The Hall–Kier alpha value is -3.40. The Labute approximate surface area is 169 Å². The number of benzene rings is 3. The molecule has 1 aromatic heterocycles. The van der Waals surface area contributed by atoms with E-state index in [2.05, 4.69) is 6.07 Å². The lowest BCUT2D eigenvalue weighted by atomic mass is 10.00. The van der Waals surface area contributed by atoms with E-state index in [-0.39, 0.29) is 5.82 Å². The summed E-state index contributed by atoms with van der Waals surface area (Å²) >= 11 is 0. The van der Waals surface area contributed by atoms with E-state index in [9.17, 15) is 4.39 Å². The maximum absolute atomic E-state index is 13.6. The molecule has 0 aliphatic carbocycles. The maximum Gasteiger partial charge on any atom is 0.128 e. The van der Waals surface area contributed by atoms with E-state index < -0.39 is 0 Å². The molecule has 0 fully saturated rings. The van der Waals surface area contributed by atoms with Crippen LogP contribution in [0.3, 0.4) is 0 Å². The summed E-state index contributed by atoms with van der Waals surface area (Å²) < 4.78 is 24.8. The van der Waals surface area contributed by atoms with Crippen molar-refractivity contribution in [2.24, 2.45) is 0 Å². The van der Waals surface area contributed by atoms with Gasteiger partial charge in [-0.25, -0.2) is 9.37 Å². The lowest BCUT2D eigenvalue weighted by molar-refractivity contribution is 0.340. The van der Waals surface area contributed by atoms with Gasteiger partial charge in [0.2, 0.25) is 0 Å². The van der Waals surface area contributed by atoms with Crippen LogP contribution in [0.4, 0.5) is 4.39 Å². The van der Waals surface area contributed by atoms with Crippen LogP contribution in [0.15, 0.2) is 66.7 Å². The lowest BCUT2D eigenvalue weighted by Crippen LogP contribution is -1.94. The Bertz CT molecular complexity index is 1170. The number of hydrogen-bond acceptors (Lipinski definition) is 3. The molecule has 0 aliphatic heterocycles. The third-order valence-electron chi connectivity index (χ3n) is 4.95. The van der Waals surface area contributed by atoms with Gasteiger partial charge >= 0.3 is 0 Å². The highest BCUT2D eigenvalue weighted by molar-refractivity contribution is 5.86. The highest BCUT2D eigenvalue weighted by Crippen LogP contribution is 2.35. The molecule has 4 rings (SSSR count). The number of nitrogens with zero attached hydrogens (tertiary/aromatic N) is 1. The zero-order valence-electron chi connectivity index (χ0n) is 16.7. The van der Waals surface area contributed by atoms with Gasteiger partial charge in [0.15, 0.2) is 0 Å². The number of fused-ring (bicyclic) bond motifs is 1. The van der Waals surface area contributed by atoms with Gasteiger partial charge in [0.05, 0.1) is 24.9 Å². The summed E-state index contributed by atoms with van der Waals surface area (Å²) in [4.78, 5) is 4.73. The summed E-state index contributed by atoms with van der Waals surface area (Å²) in [5.74, 6) is 1.34. The molecule has 0 N–H and O–H groups in total. The zero-order chi connectivity index (χ0) is 20.4. The maximum atomic E-state index is 13.6. The first-order chi connectivity index (χ1) is 14.1. The number of ether oxygens (including phenoxy) is 2. The first-order valence-electron chi connectivity index (χ1n) is 9.57. The van der Waals surface area contributed by atoms with E-state index in [4.69, 9.17) is 14.5 Å². The number of pyridine rings is 1. The van der Waals surface area contributed by atoms with Crippen molar-refractivity contribution in [1.29, 1.82) is 0 Å². The molecule has 3 aromatic carbocycles. The van der Waals surface area contributed by atoms with Gasteiger partial charge < -0.3 is 9.47 Å². The monoisotopic (exact) mass is 387 g/mol. The number of methoxy groups -OCH3 is 1. The molecule has 0 unspecified atom stereocenters. The first kappa shape index (κ1) is 18.9. The third-order valence-corrected chi connectivity index (χ3v) is 4.95. The van der Waals surface area contributed by atoms with Crippen molar-refractivity contribution >= 4 is 10.9 Å². The molecule has 29 heavy (non-hydrogen) atoms. The molecule has 0 atom stereocenters. The van der Waals surface area contributed by atoms with Crippen molar-refractivity contribution in [3.8, 4) is 33.9 Å². The summed E-state index contributed by atoms with van der Waals surface area (Å²) in [5.41, 5.74) is 5.57. The Morgan fingerprint density at radius 3 is 2.38 bits per heavy atom. The van der Waals surface area contributed by atoms with Crippen LogP contribution in [0, 0.1) is 12.7 Å². The molecular formula is C25H22FNO2. The van der Waals surface area contributed by atoms with Crippen LogP contribution in [-0.2, 0) is 0 Å². The summed E-state index contributed by atoms with van der Waals surface area (Å²) in [7, 11) is 1.66. The van der Waals surface area contributed by atoms with Gasteiger partial charge in [-0.2, -0.15) is 0 Å². The second-order valence-corrected chi connectivity index (χ2v) is 6.86. The molecule has 4 aromatic rings. The van der Waals surface area contributed by atoms with Crippen LogP contribution >= 0.6 is 0 Å². The van der Waals surface area contributed by atoms with Crippen molar-refractivity contribution < 1.29 is 13.9 Å². The number of rotatable bonds is 5. The average Bonchev–Trinajstić information content (AvgIpc) is 2.74. The highest BCUT2D eigenvalue weighted by atomic mass is 19.1. The molecule has 0 bridgehead atoms. The fourth-order valence-corrected chi connectivity index (χ4v) is 3.50. The standard InChI is InChI=1S/C25H22FNO2/c1-4-29-20-9-5-17(6-10-20)18-7-11-21(25(14-18)28-3)24-13-16(2)22-15-19(26)8-12-23(22)27-24/h5-15H,4H2,1-3H3. The van der Waals surface area contributed by atoms with E-state index in [0.717, 1.165) is 50.3 Å². The van der Waals surface area contributed by atoms with Crippen molar-refractivity contribution in [2.75, 3.05) is 13.7 Å². The van der Waals surface area contributed by atoms with Gasteiger partial charge in [-0.1, -0.05) is 18.2 Å². The molecule has 0 aliphatic rings. The van der Waals surface area contributed by atoms with Gasteiger partial charge in [0.1, 0.15) is 17.3 Å². The fourth-order valence-electron chi connectivity index (χ4n) is 3.50. The predicted octanol–water partition coefficient (Wildman–Crippen LogP) is 6.42. The summed E-state index contributed by atoms with van der Waals surface area (Å²) in [6.07, 6.45) is 0. The smallest absolute Gasteiger partial charge is 0.128 e. The first-order valence-corrected chi connectivity index (χ1v) is 9.57. The fraction of sp³-hybridized carbons (Fsp3) is 0.160. The molecule has 0 radical (unpaired) electrons. The molecule has 3 nitrogen and oxygen atoms in total. The van der Waals surface area contributed by atoms with Crippen LogP contribution in [0.25, 0.3) is 33.3 Å². The molecular weight excluding hydrogens is 365 g/mol. The molecule has 0 amide bonds. The summed E-state index contributed by atoms with van der Waals surface area (Å²) in [6, 6.07) is 20.7. The molecule has 0 spiro atoms. The van der Waals surface area contributed by atoms with Crippen LogP contribution < -0.4 is 9.47 Å². The predicted molar refractivity (Wildman–Crippen MR) is 115 cm³/mol. The van der Waals surface area contributed by atoms with Crippen molar-refractivity contribution in [3.05, 3.63) is 78.1 Å². The van der Waals surface area contributed by atoms with Crippen molar-refractivity contribution in [3.63, 3.8) is 0 Å². The highest BCUT2D eigenvalue weighted by Gasteiger charge is 2.12. The normalized spacial score (nSPS) is 10.9. The van der Waals surface area contributed by atoms with Crippen LogP contribution in [0.1, 0.15) is 12.5 Å². The van der Waals surface area contributed by atoms with Crippen LogP contribution in [0.2, 0.25) is 0 Å². The zero-order valence-corrected chi connectivity index (χ0v) is 16.7. The lowest BCUT2D eigenvalue weighted by Gasteiger charge is -2.13. The second kappa shape index (κ2) is 7.92. The van der Waals surface area contributed by atoms with E-state index in [1.54, 1.807) is 13.2 Å². The molecule has 146 valence electrons. The van der Waals surface area contributed by atoms with Crippen molar-refractivity contribution in [1.82, 2.24) is 4.98 Å². The number of hydrogen-bond donors (Lipinski definition) is 0. The Morgan fingerprint density at radius 1 is 0.897 bits per heavy atom. The Kier molecular flexibility index (Phi) is 5.17. The third kappa shape index (κ3) is 3.79. The van der Waals surface area contributed by atoms with Crippen molar-refractivity contribution in [2.45, 2.75) is 13.8 Å². The van der Waals surface area contributed by atoms with E-state index in [1.165, 1.54) is 12.1 Å². The minimum Gasteiger partial charge on any atom is -0.496 e. The SMILES string of the molecule is CCOc1ccc(-c2ccc(-c3cc(C)c4cc(F)ccc4n3)c(OC)c2)cc1. The largest absolute Gasteiger partial charge is 0.496 e. The Morgan fingerprint density at radius 2 is 1.66 bits per heavy atom. The van der Waals surface area contributed by atoms with Gasteiger partial charge in [-0.3, -0.25) is 0 Å². The minimum absolute atomic E-state index is 0.257. The quantitative estimate of drug-likeness (QED) is 0.396. The molecule has 1 heterocycles. The number of aryl methyl sites for hydroxylation is 1. The summed E-state index contributed by atoms with van der Waals surface area (Å²) in [6.45, 7) is 4.58. The topological polar surface area (TPSA) is 31.4 Å².